The number of amides is 1. The number of anilines is 1. The highest BCUT2D eigenvalue weighted by molar-refractivity contribution is 7.17. The number of thiazole rings is 1. The van der Waals surface area contributed by atoms with E-state index < -0.39 is 6.17 Å². The van der Waals surface area contributed by atoms with E-state index in [0.29, 0.717) is 25.1 Å². The maximum Gasteiger partial charge on any atom is 0.270 e. The lowest BCUT2D eigenvalue weighted by Crippen LogP contribution is -2.34. The van der Waals surface area contributed by atoms with Crippen LogP contribution in [0.5, 0.6) is 0 Å². The summed E-state index contributed by atoms with van der Waals surface area (Å²) in [6.45, 7) is 6.01. The minimum atomic E-state index is -0.666. The molecule has 0 atom stereocenters. The van der Waals surface area contributed by atoms with Gasteiger partial charge in [-0.15, -0.1) is 11.3 Å². The summed E-state index contributed by atoms with van der Waals surface area (Å²) in [6, 6.07) is 8.16. The van der Waals surface area contributed by atoms with Crippen molar-refractivity contribution in [2.45, 2.75) is 45.8 Å². The van der Waals surface area contributed by atoms with Crippen LogP contribution >= 0.6 is 11.3 Å². The van der Waals surface area contributed by atoms with Crippen LogP contribution in [0.1, 0.15) is 46.4 Å². The highest BCUT2D eigenvalue weighted by Gasteiger charge is 2.20. The molecule has 1 aromatic carbocycles. The van der Waals surface area contributed by atoms with Gasteiger partial charge in [-0.05, 0) is 43.9 Å². The Kier molecular flexibility index (Phi) is 5.35. The number of carbonyl (C=O) groups is 1. The van der Waals surface area contributed by atoms with Crippen molar-refractivity contribution in [1.82, 2.24) is 14.7 Å². The van der Waals surface area contributed by atoms with Crippen LogP contribution in [0.2, 0.25) is 0 Å². The smallest absolute Gasteiger partial charge is 0.270 e. The third-order valence-electron chi connectivity index (χ3n) is 5.24. The number of hydrogen-bond acceptors (Lipinski definition) is 4. The Balaban J connectivity index is 1.42. The van der Waals surface area contributed by atoms with Gasteiger partial charge in [0.25, 0.3) is 5.91 Å². The topological polar surface area (TPSA) is 49.6 Å². The van der Waals surface area contributed by atoms with E-state index in [0.717, 1.165) is 46.3 Å². The number of nitrogens with one attached hydrogen (secondary N) is 1. The molecule has 0 saturated carbocycles. The molecule has 2 aromatic heterocycles. The predicted octanol–water partition coefficient (Wildman–Crippen LogP) is 4.13. The minimum Gasteiger partial charge on any atom is -0.371 e. The van der Waals surface area contributed by atoms with Crippen LogP contribution in [0.3, 0.4) is 0 Å². The van der Waals surface area contributed by atoms with Gasteiger partial charge in [0.2, 0.25) is 0 Å². The fourth-order valence-corrected chi connectivity index (χ4v) is 4.53. The number of hydrogen-bond donors (Lipinski definition) is 1. The largest absolute Gasteiger partial charge is 0.371 e. The van der Waals surface area contributed by atoms with E-state index in [1.54, 1.807) is 11.3 Å². The first-order valence-corrected chi connectivity index (χ1v) is 10.6. The molecule has 0 spiro atoms. The summed E-state index contributed by atoms with van der Waals surface area (Å²) >= 11 is 1.59. The SMILES string of the molecule is CCc1nc2sc(C)cn2c1C(=O)NCc1ccc(N2CCC(F)CC2)cc1. The van der Waals surface area contributed by atoms with Crippen LogP contribution in [0.15, 0.2) is 30.5 Å². The average molecular weight is 401 g/mol. The normalized spacial score (nSPS) is 15.3. The molecule has 5 nitrogen and oxygen atoms in total. The van der Waals surface area contributed by atoms with Crippen molar-refractivity contribution < 1.29 is 9.18 Å². The zero-order valence-electron chi connectivity index (χ0n) is 16.2. The summed E-state index contributed by atoms with van der Waals surface area (Å²) in [5, 5.41) is 3.02. The Morgan fingerprint density at radius 1 is 1.29 bits per heavy atom. The van der Waals surface area contributed by atoms with E-state index in [2.05, 4.69) is 27.3 Å². The minimum absolute atomic E-state index is 0.101. The highest BCUT2D eigenvalue weighted by Crippen LogP contribution is 2.23. The molecule has 1 aliphatic heterocycles. The summed E-state index contributed by atoms with van der Waals surface area (Å²) in [6.07, 6.45) is 3.22. The second-order valence-corrected chi connectivity index (χ2v) is 8.48. The molecular weight excluding hydrogens is 375 g/mol. The molecule has 0 unspecified atom stereocenters. The molecule has 1 saturated heterocycles. The molecule has 148 valence electrons. The zero-order valence-corrected chi connectivity index (χ0v) is 17.1. The monoisotopic (exact) mass is 400 g/mol. The van der Waals surface area contributed by atoms with Gasteiger partial charge in [-0.25, -0.2) is 9.37 Å². The molecule has 0 bridgehead atoms. The number of imidazole rings is 1. The molecule has 4 rings (SSSR count). The van der Waals surface area contributed by atoms with E-state index in [4.69, 9.17) is 0 Å². The number of alkyl halides is 1. The fraction of sp³-hybridized carbons (Fsp3) is 0.429. The number of carbonyl (C=O) groups excluding carboxylic acids is 1. The number of nitrogens with zero attached hydrogens (tertiary/aromatic N) is 3. The number of fused-ring (bicyclic) bond motifs is 1. The third-order valence-corrected chi connectivity index (χ3v) is 6.14. The Labute approximate surface area is 168 Å². The lowest BCUT2D eigenvalue weighted by molar-refractivity contribution is 0.0944. The summed E-state index contributed by atoms with van der Waals surface area (Å²) < 4.78 is 15.2. The number of benzene rings is 1. The van der Waals surface area contributed by atoms with Crippen LogP contribution in [0, 0.1) is 6.92 Å². The Hall–Kier alpha value is -2.41. The van der Waals surface area contributed by atoms with Crippen molar-refractivity contribution in [3.05, 3.63) is 52.3 Å². The quantitative estimate of drug-likeness (QED) is 0.700. The van der Waals surface area contributed by atoms with Crippen LogP contribution in [0.25, 0.3) is 4.96 Å². The van der Waals surface area contributed by atoms with Crippen LogP contribution in [-0.4, -0.2) is 34.6 Å². The van der Waals surface area contributed by atoms with Gasteiger partial charge in [0.15, 0.2) is 4.96 Å². The maximum atomic E-state index is 13.3. The van der Waals surface area contributed by atoms with Gasteiger partial charge in [-0.3, -0.25) is 9.20 Å². The van der Waals surface area contributed by atoms with Gasteiger partial charge in [0, 0.05) is 36.4 Å². The lowest BCUT2D eigenvalue weighted by Gasteiger charge is -2.30. The Morgan fingerprint density at radius 3 is 2.68 bits per heavy atom. The molecule has 1 fully saturated rings. The number of aromatic nitrogens is 2. The first kappa shape index (κ1) is 18.9. The molecule has 1 aliphatic rings. The molecule has 1 N–H and O–H groups in total. The van der Waals surface area contributed by atoms with E-state index in [1.807, 2.05) is 36.6 Å². The molecule has 0 radical (unpaired) electrons. The van der Waals surface area contributed by atoms with E-state index in [1.165, 1.54) is 0 Å². The van der Waals surface area contributed by atoms with Crippen LogP contribution in [0.4, 0.5) is 10.1 Å². The van der Waals surface area contributed by atoms with Crippen LogP contribution < -0.4 is 10.2 Å². The molecule has 3 aromatic rings. The average Bonchev–Trinajstić information content (AvgIpc) is 3.22. The van der Waals surface area contributed by atoms with Crippen LogP contribution in [-0.2, 0) is 13.0 Å². The maximum absolute atomic E-state index is 13.3. The number of aryl methyl sites for hydroxylation is 2. The molecule has 0 aliphatic carbocycles. The number of halogens is 1. The first-order valence-electron chi connectivity index (χ1n) is 9.78. The Bertz CT molecular complexity index is 970. The van der Waals surface area contributed by atoms with Gasteiger partial charge < -0.3 is 10.2 Å². The summed E-state index contributed by atoms with van der Waals surface area (Å²) in [7, 11) is 0. The Morgan fingerprint density at radius 2 is 2.00 bits per heavy atom. The van der Waals surface area contributed by atoms with Crippen molar-refractivity contribution in [3.8, 4) is 0 Å². The third kappa shape index (κ3) is 3.76. The van der Waals surface area contributed by atoms with Crippen molar-refractivity contribution in [3.63, 3.8) is 0 Å². The van der Waals surface area contributed by atoms with Gasteiger partial charge in [0.05, 0.1) is 5.69 Å². The summed E-state index contributed by atoms with van der Waals surface area (Å²) in [4.78, 5) is 21.6. The summed E-state index contributed by atoms with van der Waals surface area (Å²) in [5.74, 6) is -0.101. The van der Waals surface area contributed by atoms with Gasteiger partial charge in [-0.2, -0.15) is 0 Å². The molecule has 3 heterocycles. The van der Waals surface area contributed by atoms with Gasteiger partial charge >= 0.3 is 0 Å². The molecule has 7 heteroatoms. The second kappa shape index (κ2) is 7.91. The molecule has 1 amide bonds. The van der Waals surface area contributed by atoms with Crippen molar-refractivity contribution in [1.29, 1.82) is 0 Å². The van der Waals surface area contributed by atoms with Crippen molar-refractivity contribution >= 4 is 27.9 Å². The van der Waals surface area contributed by atoms with E-state index >= 15 is 0 Å². The van der Waals surface area contributed by atoms with Crippen molar-refractivity contribution in [2.75, 3.05) is 18.0 Å². The predicted molar refractivity (Wildman–Crippen MR) is 111 cm³/mol. The van der Waals surface area contributed by atoms with E-state index in [9.17, 15) is 9.18 Å². The molecule has 28 heavy (non-hydrogen) atoms. The standard InChI is InChI=1S/C21H25FN4OS/c1-3-18-19(26-13-14(2)28-21(26)24-18)20(27)23-12-15-4-6-17(7-5-15)25-10-8-16(22)9-11-25/h4-7,13,16H,3,8-12H2,1-2H3,(H,23,27). The number of rotatable bonds is 5. The first-order chi connectivity index (χ1) is 13.5. The lowest BCUT2D eigenvalue weighted by atomic mass is 10.1. The summed E-state index contributed by atoms with van der Waals surface area (Å²) in [5.41, 5.74) is 3.61. The molecular formula is C21H25FN4OS. The zero-order chi connectivity index (χ0) is 19.7. The second-order valence-electron chi connectivity index (χ2n) is 7.27. The van der Waals surface area contributed by atoms with Gasteiger partial charge in [0.1, 0.15) is 11.9 Å². The van der Waals surface area contributed by atoms with Gasteiger partial charge in [-0.1, -0.05) is 19.1 Å². The van der Waals surface area contributed by atoms with Crippen molar-refractivity contribution in [2.24, 2.45) is 0 Å². The fourth-order valence-electron chi connectivity index (χ4n) is 3.68. The van der Waals surface area contributed by atoms with E-state index in [-0.39, 0.29) is 5.91 Å². The number of piperidine rings is 1. The highest BCUT2D eigenvalue weighted by atomic mass is 32.1.